The molecule has 1 atom stereocenters. The predicted molar refractivity (Wildman–Crippen MR) is 70.4 cm³/mol. The lowest BCUT2D eigenvalue weighted by atomic mass is 9.97. The molecule has 6 heteroatoms. The van der Waals surface area contributed by atoms with E-state index in [1.54, 1.807) is 26.0 Å². The number of hydrogen-bond donors (Lipinski definition) is 3. The highest BCUT2D eigenvalue weighted by atomic mass is 19.1. The molecule has 19 heavy (non-hydrogen) atoms. The summed E-state index contributed by atoms with van der Waals surface area (Å²) in [6.07, 6.45) is 0.504. The molecular formula is C13H18FN3O2. The van der Waals surface area contributed by atoms with Crippen LogP contribution in [0.25, 0.3) is 0 Å². The third kappa shape index (κ3) is 3.94. The molecule has 1 unspecified atom stereocenters. The average Bonchev–Trinajstić information content (AvgIpc) is 2.37. The van der Waals surface area contributed by atoms with Gasteiger partial charge in [0.1, 0.15) is 5.82 Å². The summed E-state index contributed by atoms with van der Waals surface area (Å²) in [7, 11) is 0. The molecule has 1 aromatic carbocycles. The number of benzene rings is 1. The normalized spacial score (nSPS) is 14.8. The van der Waals surface area contributed by atoms with Crippen molar-refractivity contribution in [3.63, 3.8) is 0 Å². The summed E-state index contributed by atoms with van der Waals surface area (Å²) in [5.41, 5.74) is 5.20. The first-order valence-corrected chi connectivity index (χ1v) is 5.94. The van der Waals surface area contributed by atoms with E-state index in [9.17, 15) is 9.18 Å². The lowest BCUT2D eigenvalue weighted by Gasteiger charge is -2.28. The summed E-state index contributed by atoms with van der Waals surface area (Å²) in [6, 6.07) is 5.82. The van der Waals surface area contributed by atoms with Gasteiger partial charge >= 0.3 is 0 Å². The molecule has 1 amide bonds. The van der Waals surface area contributed by atoms with Crippen molar-refractivity contribution in [3.8, 4) is 0 Å². The quantitative estimate of drug-likeness (QED) is 0.326. The molecule has 0 heterocycles. The minimum Gasteiger partial charge on any atom is -0.409 e. The fourth-order valence-corrected chi connectivity index (χ4v) is 1.63. The molecule has 0 spiro atoms. The molecule has 1 rings (SSSR count). The number of hydrogen-bond acceptors (Lipinski definition) is 3. The molecule has 0 aromatic heterocycles. The Morgan fingerprint density at radius 3 is 2.79 bits per heavy atom. The summed E-state index contributed by atoms with van der Waals surface area (Å²) >= 11 is 0. The Bertz CT molecular complexity index is 491. The van der Waals surface area contributed by atoms with Crippen LogP contribution in [0.5, 0.6) is 0 Å². The van der Waals surface area contributed by atoms with Gasteiger partial charge in [-0.3, -0.25) is 4.79 Å². The van der Waals surface area contributed by atoms with E-state index in [-0.39, 0.29) is 24.0 Å². The van der Waals surface area contributed by atoms with Crippen LogP contribution >= 0.6 is 0 Å². The molecule has 0 fully saturated rings. The van der Waals surface area contributed by atoms with Crippen LogP contribution in [0.1, 0.15) is 25.8 Å². The van der Waals surface area contributed by atoms with E-state index >= 15 is 0 Å². The number of nitrogens with zero attached hydrogens (tertiary/aromatic N) is 1. The molecule has 0 saturated heterocycles. The van der Waals surface area contributed by atoms with Crippen molar-refractivity contribution in [3.05, 3.63) is 35.6 Å². The molecule has 1 aromatic rings. The Morgan fingerprint density at radius 1 is 1.58 bits per heavy atom. The number of amidine groups is 1. The maximum Gasteiger partial charge on any atom is 0.225 e. The summed E-state index contributed by atoms with van der Waals surface area (Å²) in [4.78, 5) is 11.9. The second kappa shape index (κ2) is 6.17. The van der Waals surface area contributed by atoms with Crippen LogP contribution in [0.3, 0.4) is 0 Å². The number of rotatable bonds is 5. The molecule has 104 valence electrons. The third-order valence-corrected chi connectivity index (χ3v) is 3.05. The highest BCUT2D eigenvalue weighted by molar-refractivity contribution is 5.93. The highest BCUT2D eigenvalue weighted by Gasteiger charge is 2.29. The zero-order valence-electron chi connectivity index (χ0n) is 11.0. The van der Waals surface area contributed by atoms with Gasteiger partial charge in [-0.05, 0) is 31.0 Å². The molecule has 0 aliphatic heterocycles. The van der Waals surface area contributed by atoms with Crippen molar-refractivity contribution in [2.24, 2.45) is 10.9 Å². The highest BCUT2D eigenvalue weighted by Crippen LogP contribution is 2.11. The van der Waals surface area contributed by atoms with Gasteiger partial charge in [0, 0.05) is 0 Å². The van der Waals surface area contributed by atoms with E-state index in [1.165, 1.54) is 12.1 Å². The largest absolute Gasteiger partial charge is 0.409 e. The van der Waals surface area contributed by atoms with Crippen LogP contribution in [0, 0.1) is 5.82 Å². The van der Waals surface area contributed by atoms with Gasteiger partial charge < -0.3 is 16.3 Å². The van der Waals surface area contributed by atoms with E-state index in [0.717, 1.165) is 0 Å². The van der Waals surface area contributed by atoms with E-state index in [2.05, 4.69) is 10.5 Å². The van der Waals surface area contributed by atoms with Crippen LogP contribution < -0.4 is 11.1 Å². The Hall–Kier alpha value is -2.11. The van der Waals surface area contributed by atoms with Crippen LogP contribution in [0.15, 0.2) is 29.4 Å². The van der Waals surface area contributed by atoms with Crippen molar-refractivity contribution in [2.75, 3.05) is 0 Å². The Morgan fingerprint density at radius 2 is 2.26 bits per heavy atom. The predicted octanol–water partition coefficient (Wildman–Crippen LogP) is 1.40. The van der Waals surface area contributed by atoms with Gasteiger partial charge in [0.05, 0.1) is 12.0 Å². The summed E-state index contributed by atoms with van der Waals surface area (Å²) in [5, 5.41) is 14.3. The van der Waals surface area contributed by atoms with Gasteiger partial charge in [-0.15, -0.1) is 0 Å². The lowest BCUT2D eigenvalue weighted by molar-refractivity contribution is -0.121. The second-order valence-electron chi connectivity index (χ2n) is 4.53. The first kappa shape index (κ1) is 14.9. The SMILES string of the molecule is CCC(C)(NC(=O)Cc1cccc(F)c1)/C(N)=N/O. The molecule has 0 saturated carbocycles. The van der Waals surface area contributed by atoms with E-state index < -0.39 is 5.54 Å². The van der Waals surface area contributed by atoms with Crippen LogP contribution in [-0.4, -0.2) is 22.5 Å². The lowest BCUT2D eigenvalue weighted by Crippen LogP contribution is -2.55. The second-order valence-corrected chi connectivity index (χ2v) is 4.53. The Labute approximate surface area is 111 Å². The van der Waals surface area contributed by atoms with Crippen molar-refractivity contribution < 1.29 is 14.4 Å². The van der Waals surface area contributed by atoms with E-state index in [1.807, 2.05) is 0 Å². The summed E-state index contributed by atoms with van der Waals surface area (Å²) in [5.74, 6) is -0.774. The molecular weight excluding hydrogens is 249 g/mol. The van der Waals surface area contributed by atoms with Crippen molar-refractivity contribution in [2.45, 2.75) is 32.2 Å². The number of nitrogens with one attached hydrogen (secondary N) is 1. The standard InChI is InChI=1S/C13H18FN3O2/c1-3-13(2,12(15)17-19)16-11(18)8-9-5-4-6-10(14)7-9/h4-7,19H,3,8H2,1-2H3,(H2,15,17)(H,16,18). The number of carbonyl (C=O) groups is 1. The maximum absolute atomic E-state index is 13.0. The van der Waals surface area contributed by atoms with Crippen LogP contribution in [-0.2, 0) is 11.2 Å². The molecule has 0 radical (unpaired) electrons. The number of carbonyl (C=O) groups excluding carboxylic acids is 1. The average molecular weight is 267 g/mol. The Balaban J connectivity index is 2.74. The molecule has 0 aliphatic rings. The monoisotopic (exact) mass is 267 g/mol. The molecule has 5 nitrogen and oxygen atoms in total. The van der Waals surface area contributed by atoms with Gasteiger partial charge in [-0.1, -0.05) is 24.2 Å². The zero-order chi connectivity index (χ0) is 14.5. The fourth-order valence-electron chi connectivity index (χ4n) is 1.63. The topological polar surface area (TPSA) is 87.7 Å². The Kier molecular flexibility index (Phi) is 4.86. The maximum atomic E-state index is 13.0. The molecule has 0 aliphatic carbocycles. The van der Waals surface area contributed by atoms with Crippen molar-refractivity contribution >= 4 is 11.7 Å². The summed E-state index contributed by atoms with van der Waals surface area (Å²) in [6.45, 7) is 3.46. The van der Waals surface area contributed by atoms with Crippen molar-refractivity contribution in [1.82, 2.24) is 5.32 Å². The van der Waals surface area contributed by atoms with Gasteiger partial charge in [0.2, 0.25) is 5.91 Å². The van der Waals surface area contributed by atoms with Crippen LogP contribution in [0.2, 0.25) is 0 Å². The smallest absolute Gasteiger partial charge is 0.225 e. The van der Waals surface area contributed by atoms with E-state index in [0.29, 0.717) is 12.0 Å². The third-order valence-electron chi connectivity index (χ3n) is 3.05. The minimum absolute atomic E-state index is 0.0338. The fraction of sp³-hybridized carbons (Fsp3) is 0.385. The first-order valence-electron chi connectivity index (χ1n) is 5.94. The zero-order valence-corrected chi connectivity index (χ0v) is 11.0. The number of halogens is 1. The number of amides is 1. The van der Waals surface area contributed by atoms with Gasteiger partial charge in [-0.2, -0.15) is 0 Å². The number of nitrogens with two attached hydrogens (primary N) is 1. The van der Waals surface area contributed by atoms with Gasteiger partial charge in [-0.25, -0.2) is 4.39 Å². The molecule has 4 N–H and O–H groups in total. The first-order chi connectivity index (χ1) is 8.91. The van der Waals surface area contributed by atoms with Crippen LogP contribution in [0.4, 0.5) is 4.39 Å². The van der Waals surface area contributed by atoms with Gasteiger partial charge in [0.15, 0.2) is 5.84 Å². The van der Waals surface area contributed by atoms with Crippen molar-refractivity contribution in [1.29, 1.82) is 0 Å². The van der Waals surface area contributed by atoms with Gasteiger partial charge in [0.25, 0.3) is 0 Å². The number of oxime groups is 1. The minimum atomic E-state index is -0.918. The summed E-state index contributed by atoms with van der Waals surface area (Å²) < 4.78 is 13.0. The van der Waals surface area contributed by atoms with E-state index in [4.69, 9.17) is 10.9 Å². The molecule has 0 bridgehead atoms.